The maximum absolute atomic E-state index is 16.4. The van der Waals surface area contributed by atoms with Crippen LogP contribution in [0.15, 0.2) is 65.6 Å². The molecule has 3 atom stereocenters. The summed E-state index contributed by atoms with van der Waals surface area (Å²) in [6.07, 6.45) is 3.16. The van der Waals surface area contributed by atoms with Crippen molar-refractivity contribution in [3.63, 3.8) is 0 Å². The number of anilines is 1. The van der Waals surface area contributed by atoms with Crippen molar-refractivity contribution in [3.8, 4) is 28.1 Å². The number of carbonyl (C=O) groups is 6. The third kappa shape index (κ3) is 9.45. The molecule has 6 aromatic rings. The van der Waals surface area contributed by atoms with E-state index < -0.39 is 35.6 Å². The number of hydrogen-bond donors (Lipinski definition) is 4. The van der Waals surface area contributed by atoms with Crippen molar-refractivity contribution in [2.24, 2.45) is 7.05 Å². The van der Waals surface area contributed by atoms with Gasteiger partial charge in [-0.15, -0.1) is 0 Å². The first-order valence-corrected chi connectivity index (χ1v) is 24.5. The fraction of sp³-hybridized carbons (Fsp3) is 0.385. The average molecular weight is 1020 g/mol. The molecule has 386 valence electrons. The first-order chi connectivity index (χ1) is 35.7. The van der Waals surface area contributed by atoms with Crippen LogP contribution in [0.4, 0.5) is 19.3 Å². The minimum absolute atomic E-state index is 0.0187. The summed E-state index contributed by atoms with van der Waals surface area (Å²) in [6.45, 7) is 2.97. The largest absolute Gasteiger partial charge is 0.494 e. The predicted octanol–water partition coefficient (Wildman–Crippen LogP) is 4.85. The van der Waals surface area contributed by atoms with Crippen LogP contribution in [0.3, 0.4) is 0 Å². The number of benzene rings is 3. The zero-order valence-electron chi connectivity index (χ0n) is 40.9. The summed E-state index contributed by atoms with van der Waals surface area (Å²) in [5.74, 6) is -3.27. The van der Waals surface area contributed by atoms with Gasteiger partial charge in [-0.3, -0.25) is 43.3 Å². The molecule has 4 aliphatic rings. The number of halogens is 2. The molecule has 22 heteroatoms. The summed E-state index contributed by atoms with van der Waals surface area (Å²) in [7, 11) is 4.30. The number of rotatable bonds is 14. The molecule has 1 unspecified atom stereocenters. The number of aryl methyl sites for hydroxylation is 1. The first-order valence-electron chi connectivity index (χ1n) is 24.5. The van der Waals surface area contributed by atoms with Crippen LogP contribution in [0.2, 0.25) is 0 Å². The maximum Gasteiger partial charge on any atom is 0.407 e. The van der Waals surface area contributed by atoms with E-state index in [4.69, 9.17) is 14.2 Å². The van der Waals surface area contributed by atoms with Gasteiger partial charge in [-0.1, -0.05) is 12.1 Å². The molecule has 3 fully saturated rings. The van der Waals surface area contributed by atoms with Crippen LogP contribution in [-0.2, 0) is 37.4 Å². The molecule has 2 saturated heterocycles. The van der Waals surface area contributed by atoms with Crippen molar-refractivity contribution < 1.29 is 51.8 Å². The van der Waals surface area contributed by atoms with E-state index in [1.165, 1.54) is 48.0 Å². The van der Waals surface area contributed by atoms with Crippen LogP contribution in [0.1, 0.15) is 70.8 Å². The highest BCUT2D eigenvalue weighted by Gasteiger charge is 2.39. The SMILES string of the molecule is COC(=O)N[C@@H]1CC[C@@H](n2c(=O)n(C)c3cnc4[nH]c(-c5ccc(C(=O)N6CCN(CCOCCC(=O)Nc7ccc8c(c7)CN(C7CCC(=O)NC7=O)C8=O)CC6)c(F)c5)c(-c5ccc(OC)c(F)c5)c4c32)C1. The number of methoxy groups -OCH3 is 2. The third-order valence-corrected chi connectivity index (χ3v) is 14.6. The lowest BCUT2D eigenvalue weighted by Gasteiger charge is -2.34. The van der Waals surface area contributed by atoms with Crippen molar-refractivity contribution in [1.82, 2.24) is 44.4 Å². The van der Waals surface area contributed by atoms with Crippen LogP contribution in [0.5, 0.6) is 5.75 Å². The number of carbonyl (C=O) groups excluding carboxylic acids is 6. The number of aromatic nitrogens is 4. The average Bonchev–Trinajstić information content (AvgIpc) is 4.16. The molecule has 10 rings (SSSR count). The number of imidazole rings is 1. The third-order valence-electron chi connectivity index (χ3n) is 14.6. The van der Waals surface area contributed by atoms with Gasteiger partial charge in [-0.2, -0.15) is 0 Å². The Balaban J connectivity index is 0.773. The molecular weight excluding hydrogens is 963 g/mol. The second kappa shape index (κ2) is 20.5. The number of piperazine rings is 1. The maximum atomic E-state index is 16.4. The molecule has 3 aliphatic heterocycles. The van der Waals surface area contributed by atoms with Gasteiger partial charge in [0.15, 0.2) is 11.6 Å². The lowest BCUT2D eigenvalue weighted by atomic mass is 9.97. The lowest BCUT2D eigenvalue weighted by molar-refractivity contribution is -0.137. The van der Waals surface area contributed by atoms with E-state index in [0.29, 0.717) is 120 Å². The zero-order valence-corrected chi connectivity index (χ0v) is 40.9. The van der Waals surface area contributed by atoms with E-state index in [0.717, 1.165) is 0 Å². The molecule has 0 spiro atoms. The Morgan fingerprint density at radius 3 is 2.42 bits per heavy atom. The summed E-state index contributed by atoms with van der Waals surface area (Å²) in [4.78, 5) is 103. The van der Waals surface area contributed by atoms with Gasteiger partial charge in [0.1, 0.15) is 17.5 Å². The van der Waals surface area contributed by atoms with Crippen molar-refractivity contribution in [2.75, 3.05) is 65.5 Å². The van der Waals surface area contributed by atoms with Crippen molar-refractivity contribution in [3.05, 3.63) is 99.6 Å². The molecule has 3 aromatic heterocycles. The number of hydrogen-bond acceptors (Lipinski definition) is 12. The highest BCUT2D eigenvalue weighted by molar-refractivity contribution is 6.14. The van der Waals surface area contributed by atoms with Gasteiger partial charge in [0.25, 0.3) is 11.8 Å². The number of alkyl carbamates (subject to hydrolysis) is 1. The zero-order chi connectivity index (χ0) is 51.9. The number of amides is 6. The summed E-state index contributed by atoms with van der Waals surface area (Å²) in [6, 6.07) is 12.5. The molecule has 4 N–H and O–H groups in total. The van der Waals surface area contributed by atoms with Gasteiger partial charge >= 0.3 is 11.8 Å². The Morgan fingerprint density at radius 1 is 0.892 bits per heavy atom. The Labute approximate surface area is 421 Å². The highest BCUT2D eigenvalue weighted by Crippen LogP contribution is 2.44. The number of fused-ring (bicyclic) bond motifs is 4. The number of ether oxygens (including phenoxy) is 3. The number of nitrogens with zero attached hydrogens (tertiary/aromatic N) is 6. The molecular formula is C52H54F2N10O10. The summed E-state index contributed by atoms with van der Waals surface area (Å²) in [5.41, 5.74) is 4.24. The van der Waals surface area contributed by atoms with Gasteiger partial charge in [-0.25, -0.2) is 23.4 Å². The molecule has 74 heavy (non-hydrogen) atoms. The fourth-order valence-electron chi connectivity index (χ4n) is 10.7. The number of H-pyrrole nitrogens is 1. The number of pyridine rings is 1. The quantitative estimate of drug-likeness (QED) is 0.0848. The predicted molar refractivity (Wildman–Crippen MR) is 265 cm³/mol. The van der Waals surface area contributed by atoms with Crippen LogP contribution in [-0.4, -0.2) is 142 Å². The standard InChI is InChI=1S/C52H54F2N10O10/c1-60-39-26-55-47-44(46(39)64(52(60)71)33-8-6-32(25-33)57-51(70)73-3)43(28-5-12-40(72-2)37(54)23-28)45(59-47)29-4-9-35(36(53)24-29)49(68)62-17-15-61(16-18-62)19-21-74-20-14-42(66)56-31-7-10-34-30(22-31)27-63(50(34)69)38-11-13-41(65)58-48(38)67/h4-5,7,9-10,12,22-24,26,32-33,38H,6,8,11,13-21,25,27H2,1-3H3,(H,55,59)(H,56,66)(H,57,70)(H,58,65,67)/t32-,33-,38?/m1/s1. The molecule has 6 heterocycles. The minimum atomic E-state index is -0.759. The number of nitrogens with one attached hydrogen (secondary N) is 4. The van der Waals surface area contributed by atoms with Gasteiger partial charge < -0.3 is 39.6 Å². The van der Waals surface area contributed by atoms with E-state index >= 15 is 8.78 Å². The molecule has 20 nitrogen and oxygen atoms in total. The summed E-state index contributed by atoms with van der Waals surface area (Å²) < 4.78 is 50.9. The first kappa shape index (κ1) is 49.6. The van der Waals surface area contributed by atoms with Crippen LogP contribution >= 0.6 is 0 Å². The van der Waals surface area contributed by atoms with Gasteiger partial charge in [0.2, 0.25) is 17.7 Å². The fourth-order valence-corrected chi connectivity index (χ4v) is 10.7. The molecule has 0 bridgehead atoms. The second-order valence-electron chi connectivity index (χ2n) is 19.0. The number of piperidine rings is 1. The lowest BCUT2D eigenvalue weighted by Crippen LogP contribution is -2.52. The van der Waals surface area contributed by atoms with Crippen LogP contribution in [0.25, 0.3) is 44.5 Å². The molecule has 3 aromatic carbocycles. The minimum Gasteiger partial charge on any atom is -0.494 e. The van der Waals surface area contributed by atoms with E-state index in [2.05, 4.69) is 30.8 Å². The van der Waals surface area contributed by atoms with E-state index in [-0.39, 0.29) is 79.2 Å². The Bertz CT molecular complexity index is 3320. The Hall–Kier alpha value is -7.98. The summed E-state index contributed by atoms with van der Waals surface area (Å²) >= 11 is 0. The Kier molecular flexibility index (Phi) is 13.7. The van der Waals surface area contributed by atoms with Crippen molar-refractivity contribution in [1.29, 1.82) is 0 Å². The molecule has 1 saturated carbocycles. The van der Waals surface area contributed by atoms with Crippen molar-refractivity contribution >= 4 is 63.4 Å². The Morgan fingerprint density at radius 2 is 1.68 bits per heavy atom. The van der Waals surface area contributed by atoms with E-state index in [9.17, 15) is 33.6 Å². The van der Waals surface area contributed by atoms with E-state index in [1.807, 2.05) is 0 Å². The van der Waals surface area contributed by atoms with Crippen LogP contribution < -0.4 is 26.4 Å². The van der Waals surface area contributed by atoms with Gasteiger partial charge in [0, 0.05) is 87.2 Å². The van der Waals surface area contributed by atoms with Gasteiger partial charge in [0.05, 0.1) is 67.7 Å². The summed E-state index contributed by atoms with van der Waals surface area (Å²) in [5, 5.41) is 8.47. The van der Waals surface area contributed by atoms with E-state index in [1.54, 1.807) is 53.0 Å². The monoisotopic (exact) mass is 1020 g/mol. The number of imide groups is 1. The molecule has 6 amide bonds. The normalized spacial score (nSPS) is 19.0. The second-order valence-corrected chi connectivity index (χ2v) is 19.0. The smallest absolute Gasteiger partial charge is 0.407 e. The van der Waals surface area contributed by atoms with Gasteiger partial charge in [-0.05, 0) is 79.3 Å². The molecule has 0 radical (unpaired) electrons. The van der Waals surface area contributed by atoms with Crippen molar-refractivity contribution in [2.45, 2.75) is 63.2 Å². The molecule has 1 aliphatic carbocycles. The number of aromatic amines is 1. The van der Waals surface area contributed by atoms with Crippen LogP contribution in [0, 0.1) is 11.6 Å². The topological polar surface area (TPSA) is 232 Å². The highest BCUT2D eigenvalue weighted by atomic mass is 19.1.